The maximum Gasteiger partial charge on any atom is 0.0486 e. The summed E-state index contributed by atoms with van der Waals surface area (Å²) in [4.78, 5) is 0. The van der Waals surface area contributed by atoms with Crippen LogP contribution in [0.2, 0.25) is 0 Å². The molecule has 1 aromatic carbocycles. The van der Waals surface area contributed by atoms with E-state index in [0.29, 0.717) is 6.04 Å². The molecule has 0 aliphatic carbocycles. The zero-order valence-electron chi connectivity index (χ0n) is 13.9. The van der Waals surface area contributed by atoms with Gasteiger partial charge in [0.15, 0.2) is 0 Å². The van der Waals surface area contributed by atoms with Gasteiger partial charge in [-0.25, -0.2) is 0 Å². The second-order valence-electron chi connectivity index (χ2n) is 7.08. The van der Waals surface area contributed by atoms with E-state index in [1.807, 2.05) is 0 Å². The largest absolute Gasteiger partial charge is 0.344 e. The van der Waals surface area contributed by atoms with Crippen LogP contribution >= 0.6 is 15.9 Å². The number of nitrogens with zero attached hydrogens (tertiary/aromatic N) is 1. The molecular weight excluding hydrogens is 350 g/mol. The molecule has 3 nitrogen and oxygen atoms in total. The highest BCUT2D eigenvalue weighted by Crippen LogP contribution is 2.35. The van der Waals surface area contributed by atoms with Gasteiger partial charge in [-0.05, 0) is 69.0 Å². The zero-order chi connectivity index (χ0) is 15.8. The van der Waals surface area contributed by atoms with E-state index in [9.17, 15) is 0 Å². The lowest BCUT2D eigenvalue weighted by Crippen LogP contribution is -2.29. The Morgan fingerprint density at radius 2 is 2.04 bits per heavy atom. The summed E-state index contributed by atoms with van der Waals surface area (Å²) in [6.45, 7) is 6.96. The van der Waals surface area contributed by atoms with Crippen LogP contribution in [0, 0.1) is 5.92 Å². The van der Waals surface area contributed by atoms with Gasteiger partial charge in [-0.3, -0.25) is 0 Å². The summed E-state index contributed by atoms with van der Waals surface area (Å²) in [5.41, 5.74) is 4.51. The van der Waals surface area contributed by atoms with Crippen molar-refractivity contribution >= 4 is 26.8 Å². The van der Waals surface area contributed by atoms with Crippen molar-refractivity contribution in [2.75, 3.05) is 19.6 Å². The second-order valence-corrected chi connectivity index (χ2v) is 8.00. The summed E-state index contributed by atoms with van der Waals surface area (Å²) in [6.07, 6.45) is 5.14. The third-order valence-corrected chi connectivity index (χ3v) is 6.13. The number of aromatic nitrogens is 1. The van der Waals surface area contributed by atoms with E-state index in [-0.39, 0.29) is 0 Å². The van der Waals surface area contributed by atoms with Crippen molar-refractivity contribution in [2.45, 2.75) is 45.2 Å². The number of halogens is 1. The van der Waals surface area contributed by atoms with Gasteiger partial charge in [0, 0.05) is 46.6 Å². The van der Waals surface area contributed by atoms with Crippen LogP contribution in [-0.4, -0.2) is 24.2 Å². The highest BCUT2D eigenvalue weighted by Gasteiger charge is 2.25. The molecule has 1 saturated heterocycles. The first-order chi connectivity index (χ1) is 11.2. The molecule has 2 aromatic rings. The van der Waals surface area contributed by atoms with Crippen LogP contribution in [0.3, 0.4) is 0 Å². The first kappa shape index (κ1) is 15.7. The summed E-state index contributed by atoms with van der Waals surface area (Å²) in [5.74, 6) is 0.888. The molecule has 1 unspecified atom stereocenters. The van der Waals surface area contributed by atoms with Gasteiger partial charge < -0.3 is 15.2 Å². The van der Waals surface area contributed by atoms with Crippen molar-refractivity contribution in [1.82, 2.24) is 15.2 Å². The topological polar surface area (TPSA) is 29.0 Å². The molecule has 2 N–H and O–H groups in total. The molecule has 0 radical (unpaired) electrons. The van der Waals surface area contributed by atoms with Gasteiger partial charge >= 0.3 is 0 Å². The minimum absolute atomic E-state index is 0.454. The molecule has 2 aliphatic heterocycles. The second kappa shape index (κ2) is 6.58. The molecule has 1 aromatic heterocycles. The SMILES string of the molecule is CC1NCCc2c1c1cc(Br)ccc1n2CCC1CCNCC1. The van der Waals surface area contributed by atoms with Gasteiger partial charge in [-0.2, -0.15) is 0 Å². The molecule has 0 amide bonds. The van der Waals surface area contributed by atoms with Gasteiger partial charge in [0.1, 0.15) is 0 Å². The van der Waals surface area contributed by atoms with Crippen LogP contribution in [0.1, 0.15) is 43.5 Å². The maximum absolute atomic E-state index is 3.65. The van der Waals surface area contributed by atoms with Gasteiger partial charge in [-0.15, -0.1) is 0 Å². The molecular formula is C19H26BrN3. The third-order valence-electron chi connectivity index (χ3n) is 5.64. The number of hydrogen-bond acceptors (Lipinski definition) is 2. The van der Waals surface area contributed by atoms with Crippen molar-refractivity contribution in [1.29, 1.82) is 0 Å². The number of aryl methyl sites for hydroxylation is 1. The van der Waals surface area contributed by atoms with E-state index in [4.69, 9.17) is 0 Å². The standard InChI is InChI=1S/C19H26BrN3/c1-13-19-16-12-15(20)2-3-17(16)23(18(19)6-10-22-13)11-7-14-4-8-21-9-5-14/h2-3,12-14,21-22H,4-11H2,1H3. The molecule has 2 aliphatic rings. The Hall–Kier alpha value is -0.840. The minimum Gasteiger partial charge on any atom is -0.344 e. The average Bonchev–Trinajstić information content (AvgIpc) is 2.88. The Morgan fingerprint density at radius 3 is 2.87 bits per heavy atom. The van der Waals surface area contributed by atoms with E-state index in [1.165, 1.54) is 59.8 Å². The number of rotatable bonds is 3. The molecule has 4 heteroatoms. The van der Waals surface area contributed by atoms with E-state index in [2.05, 4.69) is 56.3 Å². The molecule has 23 heavy (non-hydrogen) atoms. The molecule has 3 heterocycles. The molecule has 0 spiro atoms. The van der Waals surface area contributed by atoms with Crippen molar-refractivity contribution in [3.05, 3.63) is 33.9 Å². The molecule has 0 saturated carbocycles. The predicted molar refractivity (Wildman–Crippen MR) is 100.0 cm³/mol. The number of hydrogen-bond donors (Lipinski definition) is 2. The molecule has 0 bridgehead atoms. The molecule has 1 atom stereocenters. The van der Waals surface area contributed by atoms with E-state index < -0.39 is 0 Å². The van der Waals surface area contributed by atoms with Crippen LogP contribution in [0.4, 0.5) is 0 Å². The Bertz CT molecular complexity index is 700. The summed E-state index contributed by atoms with van der Waals surface area (Å²) in [7, 11) is 0. The van der Waals surface area contributed by atoms with Crippen molar-refractivity contribution in [2.24, 2.45) is 5.92 Å². The number of fused-ring (bicyclic) bond motifs is 3. The monoisotopic (exact) mass is 375 g/mol. The van der Waals surface area contributed by atoms with E-state index in [0.717, 1.165) is 18.9 Å². The van der Waals surface area contributed by atoms with E-state index in [1.54, 1.807) is 5.69 Å². The number of nitrogens with one attached hydrogen (secondary N) is 2. The first-order valence-corrected chi connectivity index (χ1v) is 9.78. The van der Waals surface area contributed by atoms with Crippen LogP contribution in [-0.2, 0) is 13.0 Å². The normalized spacial score (nSPS) is 22.4. The van der Waals surface area contributed by atoms with Gasteiger partial charge in [0.25, 0.3) is 0 Å². The minimum atomic E-state index is 0.454. The Balaban J connectivity index is 1.70. The quantitative estimate of drug-likeness (QED) is 0.848. The fraction of sp³-hybridized carbons (Fsp3) is 0.579. The van der Waals surface area contributed by atoms with Crippen LogP contribution in [0.25, 0.3) is 10.9 Å². The lowest BCUT2D eigenvalue weighted by atomic mass is 9.94. The lowest BCUT2D eigenvalue weighted by Gasteiger charge is -2.25. The summed E-state index contributed by atoms with van der Waals surface area (Å²) in [6, 6.07) is 7.24. The fourth-order valence-electron chi connectivity index (χ4n) is 4.41. The summed E-state index contributed by atoms with van der Waals surface area (Å²) >= 11 is 3.65. The highest BCUT2D eigenvalue weighted by molar-refractivity contribution is 9.10. The van der Waals surface area contributed by atoms with Crippen molar-refractivity contribution < 1.29 is 0 Å². The molecule has 4 rings (SSSR count). The summed E-state index contributed by atoms with van der Waals surface area (Å²) in [5, 5.41) is 8.54. The Morgan fingerprint density at radius 1 is 1.22 bits per heavy atom. The van der Waals surface area contributed by atoms with Gasteiger partial charge in [0.05, 0.1) is 0 Å². The average molecular weight is 376 g/mol. The number of benzene rings is 1. The van der Waals surface area contributed by atoms with Crippen LogP contribution in [0.5, 0.6) is 0 Å². The third kappa shape index (κ3) is 2.97. The molecule has 1 fully saturated rings. The first-order valence-electron chi connectivity index (χ1n) is 8.98. The van der Waals surface area contributed by atoms with Crippen LogP contribution < -0.4 is 10.6 Å². The van der Waals surface area contributed by atoms with Crippen molar-refractivity contribution in [3.8, 4) is 0 Å². The smallest absolute Gasteiger partial charge is 0.0486 e. The summed E-state index contributed by atoms with van der Waals surface area (Å²) < 4.78 is 3.80. The zero-order valence-corrected chi connectivity index (χ0v) is 15.5. The maximum atomic E-state index is 3.65. The lowest BCUT2D eigenvalue weighted by molar-refractivity contribution is 0.337. The Kier molecular flexibility index (Phi) is 4.48. The van der Waals surface area contributed by atoms with Gasteiger partial charge in [-0.1, -0.05) is 15.9 Å². The van der Waals surface area contributed by atoms with Crippen LogP contribution in [0.15, 0.2) is 22.7 Å². The van der Waals surface area contributed by atoms with E-state index >= 15 is 0 Å². The predicted octanol–water partition coefficient (Wildman–Crippen LogP) is 4.00. The fourth-order valence-corrected chi connectivity index (χ4v) is 4.77. The van der Waals surface area contributed by atoms with Crippen molar-refractivity contribution in [3.63, 3.8) is 0 Å². The van der Waals surface area contributed by atoms with Gasteiger partial charge in [0.2, 0.25) is 0 Å². The number of piperidine rings is 1. The highest BCUT2D eigenvalue weighted by atomic mass is 79.9. The molecule has 124 valence electrons. The Labute approximate surface area is 147 Å².